The van der Waals surface area contributed by atoms with Crippen molar-refractivity contribution >= 4 is 18.0 Å². The van der Waals surface area contributed by atoms with E-state index in [1.807, 2.05) is 31.2 Å². The Bertz CT molecular complexity index is 544. The molecule has 4 nitrogen and oxygen atoms in total. The molecule has 1 atom stereocenters. The number of carbonyl (C=O) groups excluding carboxylic acids is 1. The lowest BCUT2D eigenvalue weighted by Crippen LogP contribution is -2.37. The van der Waals surface area contributed by atoms with Crippen molar-refractivity contribution in [1.29, 1.82) is 0 Å². The smallest absolute Gasteiger partial charge is 0.308 e. The number of rotatable bonds is 6. The van der Waals surface area contributed by atoms with Crippen molar-refractivity contribution in [2.45, 2.75) is 32.7 Å². The Morgan fingerprint density at radius 3 is 2.48 bits per heavy atom. The summed E-state index contributed by atoms with van der Waals surface area (Å²) in [6.45, 7) is 3.92. The molecule has 4 heteroatoms. The maximum atomic E-state index is 12.3. The summed E-state index contributed by atoms with van der Waals surface area (Å²) in [5.74, 6) is -1.51. The summed E-state index contributed by atoms with van der Waals surface area (Å²) in [7, 11) is 0. The van der Waals surface area contributed by atoms with Crippen molar-refractivity contribution in [3.8, 4) is 0 Å². The van der Waals surface area contributed by atoms with E-state index in [4.69, 9.17) is 5.11 Å². The van der Waals surface area contributed by atoms with Crippen LogP contribution in [0.15, 0.2) is 30.3 Å². The maximum absolute atomic E-state index is 12.3. The van der Waals surface area contributed by atoms with Crippen molar-refractivity contribution in [2.24, 2.45) is 5.92 Å². The molecule has 1 saturated carbocycles. The molecule has 0 radical (unpaired) electrons. The van der Waals surface area contributed by atoms with Crippen molar-refractivity contribution in [3.63, 3.8) is 0 Å². The molecular weight excluding hydrogens is 266 g/mol. The van der Waals surface area contributed by atoms with Gasteiger partial charge in [-0.1, -0.05) is 36.8 Å². The summed E-state index contributed by atoms with van der Waals surface area (Å²) in [5.41, 5.74) is 2.14. The van der Waals surface area contributed by atoms with E-state index in [2.05, 4.69) is 0 Å². The number of aryl methyl sites for hydroxylation is 1. The van der Waals surface area contributed by atoms with Gasteiger partial charge in [-0.15, -0.1) is 0 Å². The fraction of sp³-hybridized carbons (Fsp3) is 0.412. The topological polar surface area (TPSA) is 57.6 Å². The number of carbonyl (C=O) groups is 2. The highest BCUT2D eigenvalue weighted by atomic mass is 16.4. The molecule has 0 bridgehead atoms. The third-order valence-corrected chi connectivity index (χ3v) is 3.66. The van der Waals surface area contributed by atoms with E-state index in [1.165, 1.54) is 11.6 Å². The van der Waals surface area contributed by atoms with Gasteiger partial charge in [0.25, 0.3) is 0 Å². The summed E-state index contributed by atoms with van der Waals surface area (Å²) in [6.07, 6.45) is 5.26. The van der Waals surface area contributed by atoms with Crippen LogP contribution in [0.4, 0.5) is 0 Å². The molecule has 2 rings (SSSR count). The number of hydrogen-bond donors (Lipinski definition) is 1. The Labute approximate surface area is 125 Å². The molecule has 0 heterocycles. The number of carboxylic acids is 1. The van der Waals surface area contributed by atoms with E-state index in [-0.39, 0.29) is 18.5 Å². The molecule has 0 aromatic heterocycles. The van der Waals surface area contributed by atoms with Gasteiger partial charge in [0.15, 0.2) is 0 Å². The van der Waals surface area contributed by atoms with Gasteiger partial charge in [0.2, 0.25) is 5.91 Å². The van der Waals surface area contributed by atoms with Crippen LogP contribution in [0, 0.1) is 12.8 Å². The third kappa shape index (κ3) is 4.45. The van der Waals surface area contributed by atoms with E-state index in [0.29, 0.717) is 0 Å². The highest BCUT2D eigenvalue weighted by molar-refractivity contribution is 5.92. The monoisotopic (exact) mass is 287 g/mol. The first kappa shape index (κ1) is 15.3. The fourth-order valence-corrected chi connectivity index (χ4v) is 2.12. The van der Waals surface area contributed by atoms with Gasteiger partial charge in [-0.3, -0.25) is 9.59 Å². The number of hydrogen-bond acceptors (Lipinski definition) is 2. The van der Waals surface area contributed by atoms with Crippen LogP contribution in [0.3, 0.4) is 0 Å². The number of carboxylic acid groups (broad SMARTS) is 1. The van der Waals surface area contributed by atoms with Gasteiger partial charge in [0.05, 0.1) is 5.92 Å². The SMILES string of the molecule is Cc1ccc(/C=C/C(=O)N(CC(C)C(=O)O)C2CC2)cc1. The maximum Gasteiger partial charge on any atom is 0.308 e. The molecule has 112 valence electrons. The minimum absolute atomic E-state index is 0.105. The van der Waals surface area contributed by atoms with E-state index in [9.17, 15) is 9.59 Å². The number of aliphatic carboxylic acids is 1. The molecule has 0 aliphatic heterocycles. The summed E-state index contributed by atoms with van der Waals surface area (Å²) in [6, 6.07) is 8.12. The standard InChI is InChI=1S/C17H21NO3/c1-12-3-5-14(6-4-12)7-10-16(19)18(15-8-9-15)11-13(2)17(20)21/h3-7,10,13,15H,8-9,11H2,1-2H3,(H,20,21)/b10-7+. The van der Waals surface area contributed by atoms with Gasteiger partial charge < -0.3 is 10.0 Å². The van der Waals surface area contributed by atoms with Gasteiger partial charge in [0, 0.05) is 18.7 Å². The average Bonchev–Trinajstić information content (AvgIpc) is 3.28. The Morgan fingerprint density at radius 2 is 1.95 bits per heavy atom. The molecule has 1 aromatic rings. The fourth-order valence-electron chi connectivity index (χ4n) is 2.12. The van der Waals surface area contributed by atoms with Crippen LogP contribution in [0.1, 0.15) is 30.9 Å². The molecule has 1 N–H and O–H groups in total. The molecule has 1 aliphatic rings. The van der Waals surface area contributed by atoms with Crippen molar-refractivity contribution in [2.75, 3.05) is 6.54 Å². The first-order chi connectivity index (χ1) is 9.97. The molecule has 1 aliphatic carbocycles. The third-order valence-electron chi connectivity index (χ3n) is 3.66. The Balaban J connectivity index is 2.01. The highest BCUT2D eigenvalue weighted by Crippen LogP contribution is 2.28. The number of benzene rings is 1. The zero-order valence-electron chi connectivity index (χ0n) is 12.5. The quantitative estimate of drug-likeness (QED) is 0.818. The Morgan fingerprint density at radius 1 is 1.33 bits per heavy atom. The van der Waals surface area contributed by atoms with Crippen LogP contribution in [-0.4, -0.2) is 34.5 Å². The Hall–Kier alpha value is -2.10. The minimum Gasteiger partial charge on any atom is -0.481 e. The molecule has 1 unspecified atom stereocenters. The predicted molar refractivity (Wildman–Crippen MR) is 81.7 cm³/mol. The second-order valence-corrected chi connectivity index (χ2v) is 5.71. The first-order valence-corrected chi connectivity index (χ1v) is 7.25. The van der Waals surface area contributed by atoms with Crippen LogP contribution in [0.25, 0.3) is 6.08 Å². The van der Waals surface area contributed by atoms with Crippen LogP contribution in [0.5, 0.6) is 0 Å². The van der Waals surface area contributed by atoms with Crippen molar-refractivity contribution in [3.05, 3.63) is 41.5 Å². The second kappa shape index (κ2) is 6.57. The Kier molecular flexibility index (Phi) is 4.78. The van der Waals surface area contributed by atoms with E-state index in [0.717, 1.165) is 18.4 Å². The summed E-state index contributed by atoms with van der Waals surface area (Å²) < 4.78 is 0. The largest absolute Gasteiger partial charge is 0.481 e. The lowest BCUT2D eigenvalue weighted by molar-refractivity contribution is -0.142. The molecule has 21 heavy (non-hydrogen) atoms. The van der Waals surface area contributed by atoms with E-state index in [1.54, 1.807) is 17.9 Å². The zero-order chi connectivity index (χ0) is 15.4. The molecular formula is C17H21NO3. The lowest BCUT2D eigenvalue weighted by Gasteiger charge is -2.22. The minimum atomic E-state index is -0.865. The average molecular weight is 287 g/mol. The van der Waals surface area contributed by atoms with Gasteiger partial charge in [-0.05, 0) is 31.4 Å². The summed E-state index contributed by atoms with van der Waals surface area (Å²) >= 11 is 0. The predicted octanol–water partition coefficient (Wildman–Crippen LogP) is 2.72. The van der Waals surface area contributed by atoms with Gasteiger partial charge in [-0.2, -0.15) is 0 Å². The summed E-state index contributed by atoms with van der Waals surface area (Å²) in [4.78, 5) is 24.9. The van der Waals surface area contributed by atoms with Gasteiger partial charge in [-0.25, -0.2) is 0 Å². The number of nitrogens with zero attached hydrogens (tertiary/aromatic N) is 1. The summed E-state index contributed by atoms with van der Waals surface area (Å²) in [5, 5.41) is 8.99. The van der Waals surface area contributed by atoms with Crippen molar-refractivity contribution < 1.29 is 14.7 Å². The van der Waals surface area contributed by atoms with E-state index >= 15 is 0 Å². The van der Waals surface area contributed by atoms with Crippen LogP contribution in [-0.2, 0) is 9.59 Å². The first-order valence-electron chi connectivity index (χ1n) is 7.25. The molecule has 0 saturated heterocycles. The zero-order valence-corrected chi connectivity index (χ0v) is 12.5. The van der Waals surface area contributed by atoms with Crippen molar-refractivity contribution in [1.82, 2.24) is 4.90 Å². The molecule has 1 amide bonds. The second-order valence-electron chi connectivity index (χ2n) is 5.71. The molecule has 0 spiro atoms. The van der Waals surface area contributed by atoms with E-state index < -0.39 is 11.9 Å². The lowest BCUT2D eigenvalue weighted by atomic mass is 10.1. The van der Waals surface area contributed by atoms with Crippen LogP contribution in [0.2, 0.25) is 0 Å². The van der Waals surface area contributed by atoms with Crippen LogP contribution >= 0.6 is 0 Å². The van der Waals surface area contributed by atoms with Crippen LogP contribution < -0.4 is 0 Å². The normalized spacial score (nSPS) is 15.9. The molecule has 1 fully saturated rings. The van der Waals surface area contributed by atoms with Gasteiger partial charge in [0.1, 0.15) is 0 Å². The molecule has 1 aromatic carbocycles. The van der Waals surface area contributed by atoms with Gasteiger partial charge >= 0.3 is 5.97 Å². The number of amides is 1. The highest BCUT2D eigenvalue weighted by Gasteiger charge is 2.33.